The van der Waals surface area contributed by atoms with Crippen LogP contribution in [0.25, 0.3) is 11.5 Å². The van der Waals surface area contributed by atoms with E-state index in [1.54, 1.807) is 0 Å². The topological polar surface area (TPSA) is 42.2 Å². The summed E-state index contributed by atoms with van der Waals surface area (Å²) in [6.45, 7) is 2.14. The number of benzene rings is 2. The van der Waals surface area contributed by atoms with Gasteiger partial charge in [0.25, 0.3) is 0 Å². The minimum Gasteiger partial charge on any atom is -0.420 e. The highest BCUT2D eigenvalue weighted by Crippen LogP contribution is 2.50. The fraction of sp³-hybridized carbons (Fsp3) is 0.391. The van der Waals surface area contributed by atoms with Crippen molar-refractivity contribution in [2.75, 3.05) is 7.05 Å². The molecule has 1 aromatic heterocycles. The first-order chi connectivity index (χ1) is 13.2. The van der Waals surface area contributed by atoms with Gasteiger partial charge in [-0.05, 0) is 56.8 Å². The van der Waals surface area contributed by atoms with Gasteiger partial charge in [0.2, 0.25) is 11.8 Å². The van der Waals surface area contributed by atoms with Crippen molar-refractivity contribution >= 4 is 0 Å². The van der Waals surface area contributed by atoms with Gasteiger partial charge in [-0.15, -0.1) is 10.2 Å². The molecule has 2 saturated heterocycles. The van der Waals surface area contributed by atoms with Crippen molar-refractivity contribution < 1.29 is 4.42 Å². The van der Waals surface area contributed by atoms with E-state index in [1.807, 2.05) is 30.3 Å². The van der Waals surface area contributed by atoms with Crippen molar-refractivity contribution in [1.29, 1.82) is 0 Å². The Bertz CT molecular complexity index is 918. The highest BCUT2D eigenvalue weighted by atomic mass is 16.4. The Hall–Kier alpha value is -2.46. The highest BCUT2D eigenvalue weighted by Gasteiger charge is 2.48. The smallest absolute Gasteiger partial charge is 0.247 e. The van der Waals surface area contributed by atoms with Gasteiger partial charge in [0, 0.05) is 17.6 Å². The zero-order valence-electron chi connectivity index (χ0n) is 15.9. The van der Waals surface area contributed by atoms with Crippen LogP contribution in [0.3, 0.4) is 0 Å². The number of fused-ring (bicyclic) bond motifs is 2. The van der Waals surface area contributed by atoms with Gasteiger partial charge >= 0.3 is 0 Å². The monoisotopic (exact) mass is 359 g/mol. The molecule has 3 heterocycles. The zero-order valence-corrected chi connectivity index (χ0v) is 15.9. The van der Waals surface area contributed by atoms with Gasteiger partial charge in [0.15, 0.2) is 0 Å². The minimum atomic E-state index is 0.251. The molecule has 138 valence electrons. The fourth-order valence-electron chi connectivity index (χ4n) is 5.03. The molecule has 0 N–H and O–H groups in total. The first-order valence-corrected chi connectivity index (χ1v) is 9.88. The Kier molecular flexibility index (Phi) is 4.09. The second kappa shape index (κ2) is 6.61. The number of likely N-dealkylation sites (N-methyl/N-ethyl adjacent to an activating group) is 1. The summed E-state index contributed by atoms with van der Waals surface area (Å²) in [5.41, 5.74) is 3.68. The predicted molar refractivity (Wildman–Crippen MR) is 106 cm³/mol. The molecular formula is C23H25N3O. The maximum atomic E-state index is 6.23. The van der Waals surface area contributed by atoms with E-state index in [1.165, 1.54) is 24.0 Å². The molecule has 4 heteroatoms. The van der Waals surface area contributed by atoms with Crippen molar-refractivity contribution in [1.82, 2.24) is 15.1 Å². The normalized spacial score (nSPS) is 27.8. The van der Waals surface area contributed by atoms with E-state index < -0.39 is 0 Å². The number of rotatable bonds is 3. The maximum Gasteiger partial charge on any atom is 0.247 e. The summed E-state index contributed by atoms with van der Waals surface area (Å²) in [6, 6.07) is 20.2. The maximum absolute atomic E-state index is 6.23. The Balaban J connectivity index is 1.54. The summed E-state index contributed by atoms with van der Waals surface area (Å²) in [6.07, 6.45) is 3.63. The van der Waals surface area contributed by atoms with Crippen molar-refractivity contribution in [3.8, 4) is 11.5 Å². The molecule has 3 aromatic rings. The molecule has 0 spiro atoms. The zero-order chi connectivity index (χ0) is 18.4. The average Bonchev–Trinajstić information content (AvgIpc) is 3.26. The van der Waals surface area contributed by atoms with Gasteiger partial charge in [-0.2, -0.15) is 0 Å². The summed E-state index contributed by atoms with van der Waals surface area (Å²) in [5.74, 6) is 2.09. The van der Waals surface area contributed by atoms with Crippen LogP contribution >= 0.6 is 0 Å². The molecule has 2 aliphatic heterocycles. The first-order valence-electron chi connectivity index (χ1n) is 9.88. The van der Waals surface area contributed by atoms with Crippen LogP contribution < -0.4 is 0 Å². The number of hydrogen-bond donors (Lipinski definition) is 0. The number of aromatic nitrogens is 2. The van der Waals surface area contributed by atoms with Crippen molar-refractivity contribution in [3.05, 3.63) is 71.6 Å². The molecule has 2 aliphatic rings. The van der Waals surface area contributed by atoms with E-state index in [9.17, 15) is 0 Å². The number of hydrogen-bond acceptors (Lipinski definition) is 4. The molecule has 2 unspecified atom stereocenters. The van der Waals surface area contributed by atoms with Gasteiger partial charge in [0.1, 0.15) is 0 Å². The van der Waals surface area contributed by atoms with Crippen LogP contribution in [0.15, 0.2) is 59.0 Å². The Labute approximate surface area is 160 Å². The van der Waals surface area contributed by atoms with Crippen LogP contribution in [-0.4, -0.2) is 34.2 Å². The van der Waals surface area contributed by atoms with Crippen LogP contribution in [0.5, 0.6) is 0 Å². The molecule has 2 aromatic carbocycles. The Morgan fingerprint density at radius 2 is 1.74 bits per heavy atom. The van der Waals surface area contributed by atoms with E-state index in [0.29, 0.717) is 23.9 Å². The minimum absolute atomic E-state index is 0.251. The van der Waals surface area contributed by atoms with E-state index >= 15 is 0 Å². The van der Waals surface area contributed by atoms with Crippen LogP contribution in [0.2, 0.25) is 0 Å². The van der Waals surface area contributed by atoms with Gasteiger partial charge < -0.3 is 4.42 Å². The van der Waals surface area contributed by atoms with Crippen LogP contribution in [0.1, 0.15) is 48.1 Å². The molecule has 0 saturated carbocycles. The summed E-state index contributed by atoms with van der Waals surface area (Å²) in [5, 5.41) is 8.89. The largest absolute Gasteiger partial charge is 0.420 e. The molecule has 5 rings (SSSR count). The van der Waals surface area contributed by atoms with Gasteiger partial charge in [-0.25, -0.2) is 0 Å². The summed E-state index contributed by atoms with van der Waals surface area (Å²) < 4.78 is 6.23. The van der Waals surface area contributed by atoms with Crippen LogP contribution in [-0.2, 0) is 0 Å². The second-order valence-electron chi connectivity index (χ2n) is 8.05. The lowest BCUT2D eigenvalue weighted by Crippen LogP contribution is -2.44. The summed E-state index contributed by atoms with van der Waals surface area (Å²) in [7, 11) is 2.26. The third kappa shape index (κ3) is 2.88. The molecule has 2 bridgehead atoms. The van der Waals surface area contributed by atoms with Crippen LogP contribution in [0, 0.1) is 6.92 Å². The SMILES string of the molecule is Cc1ccc([C@H]2CC3CCC([C@H]2c2nnc(-c4ccccc4)o2)N3C)cc1. The van der Waals surface area contributed by atoms with Crippen LogP contribution in [0.4, 0.5) is 0 Å². The van der Waals surface area contributed by atoms with E-state index in [0.717, 1.165) is 17.9 Å². The first kappa shape index (κ1) is 16.7. The number of nitrogens with zero attached hydrogens (tertiary/aromatic N) is 3. The summed E-state index contributed by atoms with van der Waals surface area (Å²) >= 11 is 0. The predicted octanol–water partition coefficient (Wildman–Crippen LogP) is 4.78. The quantitative estimate of drug-likeness (QED) is 0.675. The molecule has 4 atom stereocenters. The number of aryl methyl sites for hydroxylation is 1. The third-order valence-corrected chi connectivity index (χ3v) is 6.52. The van der Waals surface area contributed by atoms with Gasteiger partial charge in [-0.3, -0.25) is 4.90 Å². The molecule has 27 heavy (non-hydrogen) atoms. The van der Waals surface area contributed by atoms with E-state index in [-0.39, 0.29) is 5.92 Å². The van der Waals surface area contributed by atoms with Crippen molar-refractivity contribution in [2.24, 2.45) is 0 Å². The van der Waals surface area contributed by atoms with Crippen molar-refractivity contribution in [3.63, 3.8) is 0 Å². The molecule has 4 nitrogen and oxygen atoms in total. The van der Waals surface area contributed by atoms with E-state index in [4.69, 9.17) is 4.42 Å². The molecule has 0 aliphatic carbocycles. The fourth-order valence-corrected chi connectivity index (χ4v) is 5.03. The standard InChI is InChI=1S/C23H25N3O/c1-15-8-10-16(11-9-15)19-14-18-12-13-20(26(18)2)21(19)23-25-24-22(27-23)17-6-4-3-5-7-17/h3-11,18-21H,12-14H2,1-2H3/t18?,19-,20?,21+/m1/s1. The third-order valence-electron chi connectivity index (χ3n) is 6.52. The van der Waals surface area contributed by atoms with Gasteiger partial charge in [-0.1, -0.05) is 48.0 Å². The molecular weight excluding hydrogens is 334 g/mol. The lowest BCUT2D eigenvalue weighted by atomic mass is 9.76. The average molecular weight is 359 g/mol. The molecule has 0 amide bonds. The van der Waals surface area contributed by atoms with Gasteiger partial charge in [0.05, 0.1) is 5.92 Å². The molecule has 0 radical (unpaired) electrons. The highest BCUT2D eigenvalue weighted by molar-refractivity contribution is 5.51. The lowest BCUT2D eigenvalue weighted by Gasteiger charge is -2.41. The Morgan fingerprint density at radius 1 is 0.963 bits per heavy atom. The lowest BCUT2D eigenvalue weighted by molar-refractivity contribution is 0.124. The molecule has 2 fully saturated rings. The second-order valence-corrected chi connectivity index (χ2v) is 8.05. The number of piperidine rings is 1. The summed E-state index contributed by atoms with van der Waals surface area (Å²) in [4.78, 5) is 2.54. The Morgan fingerprint density at radius 3 is 2.52 bits per heavy atom. The van der Waals surface area contributed by atoms with Crippen molar-refractivity contribution in [2.45, 2.75) is 50.1 Å². The van der Waals surface area contributed by atoms with E-state index in [2.05, 4.69) is 53.3 Å².